The number of ether oxygens (including phenoxy) is 1. The SMILES string of the molecule is CCC(C(=O)OC)N1C(=O)C2C3C=CC(C3)C2C1=O. The van der Waals surface area contributed by atoms with Gasteiger partial charge in [-0.2, -0.15) is 0 Å². The maximum Gasteiger partial charge on any atom is 0.329 e. The van der Waals surface area contributed by atoms with Crippen LogP contribution in [0.5, 0.6) is 0 Å². The minimum Gasteiger partial charge on any atom is -0.467 e. The van der Waals surface area contributed by atoms with Crippen molar-refractivity contribution in [3.05, 3.63) is 12.2 Å². The molecule has 0 aromatic heterocycles. The van der Waals surface area contributed by atoms with Crippen molar-refractivity contribution in [2.24, 2.45) is 23.7 Å². The van der Waals surface area contributed by atoms with Gasteiger partial charge >= 0.3 is 5.97 Å². The first-order valence-electron chi connectivity index (χ1n) is 6.73. The molecule has 1 aliphatic heterocycles. The number of likely N-dealkylation sites (tertiary alicyclic amines) is 1. The second kappa shape index (κ2) is 4.18. The molecule has 19 heavy (non-hydrogen) atoms. The van der Waals surface area contributed by atoms with E-state index in [2.05, 4.69) is 0 Å². The van der Waals surface area contributed by atoms with E-state index in [0.717, 1.165) is 11.3 Å². The molecule has 1 heterocycles. The van der Waals surface area contributed by atoms with Crippen LogP contribution in [0.3, 0.4) is 0 Å². The average molecular weight is 263 g/mol. The van der Waals surface area contributed by atoms with Crippen LogP contribution in [0.25, 0.3) is 0 Å². The molecule has 1 saturated carbocycles. The molecule has 5 nitrogen and oxygen atoms in total. The number of allylic oxidation sites excluding steroid dienone is 2. The molecule has 3 aliphatic rings. The Kier molecular flexibility index (Phi) is 2.73. The van der Waals surface area contributed by atoms with E-state index in [1.807, 2.05) is 12.2 Å². The summed E-state index contributed by atoms with van der Waals surface area (Å²) in [6, 6.07) is -0.769. The summed E-state index contributed by atoms with van der Waals surface area (Å²) in [6.45, 7) is 1.78. The van der Waals surface area contributed by atoms with E-state index >= 15 is 0 Å². The van der Waals surface area contributed by atoms with Crippen molar-refractivity contribution in [3.8, 4) is 0 Å². The first kappa shape index (κ1) is 12.4. The zero-order valence-electron chi connectivity index (χ0n) is 11.0. The van der Waals surface area contributed by atoms with Crippen molar-refractivity contribution in [3.63, 3.8) is 0 Å². The third kappa shape index (κ3) is 1.50. The molecule has 5 unspecified atom stereocenters. The number of methoxy groups -OCH3 is 1. The zero-order chi connectivity index (χ0) is 13.7. The number of amides is 2. The third-order valence-electron chi connectivity index (χ3n) is 4.68. The minimum absolute atomic E-state index is 0.173. The lowest BCUT2D eigenvalue weighted by molar-refractivity contribution is -0.157. The summed E-state index contributed by atoms with van der Waals surface area (Å²) >= 11 is 0. The van der Waals surface area contributed by atoms with Crippen molar-refractivity contribution >= 4 is 17.8 Å². The normalized spacial score (nSPS) is 36.8. The zero-order valence-corrected chi connectivity index (χ0v) is 11.0. The van der Waals surface area contributed by atoms with Crippen molar-refractivity contribution in [1.82, 2.24) is 4.90 Å². The van der Waals surface area contributed by atoms with Crippen LogP contribution in [-0.2, 0) is 19.1 Å². The molecular weight excluding hydrogens is 246 g/mol. The van der Waals surface area contributed by atoms with Crippen LogP contribution in [0.1, 0.15) is 19.8 Å². The van der Waals surface area contributed by atoms with Gasteiger partial charge in [-0.1, -0.05) is 19.1 Å². The van der Waals surface area contributed by atoms with E-state index in [1.54, 1.807) is 6.92 Å². The molecule has 2 amide bonds. The quantitative estimate of drug-likeness (QED) is 0.428. The molecular formula is C14H17NO4. The van der Waals surface area contributed by atoms with Crippen LogP contribution in [0.15, 0.2) is 12.2 Å². The maximum atomic E-state index is 12.5. The fourth-order valence-electron chi connectivity index (χ4n) is 3.82. The van der Waals surface area contributed by atoms with E-state index in [9.17, 15) is 14.4 Å². The Balaban J connectivity index is 1.91. The van der Waals surface area contributed by atoms with Crippen LogP contribution < -0.4 is 0 Å². The molecule has 5 atom stereocenters. The van der Waals surface area contributed by atoms with Gasteiger partial charge in [-0.15, -0.1) is 0 Å². The number of carbonyl (C=O) groups excluding carboxylic acids is 3. The lowest BCUT2D eigenvalue weighted by Crippen LogP contribution is -2.46. The molecule has 1 saturated heterocycles. The smallest absolute Gasteiger partial charge is 0.329 e. The lowest BCUT2D eigenvalue weighted by atomic mass is 9.85. The fraction of sp³-hybridized carbons (Fsp3) is 0.643. The second-order valence-corrected chi connectivity index (χ2v) is 5.49. The molecule has 0 aromatic rings. The summed E-state index contributed by atoms with van der Waals surface area (Å²) < 4.78 is 4.70. The Hall–Kier alpha value is -1.65. The van der Waals surface area contributed by atoms with E-state index < -0.39 is 12.0 Å². The number of fused-ring (bicyclic) bond motifs is 5. The van der Waals surface area contributed by atoms with Gasteiger partial charge in [0.1, 0.15) is 6.04 Å². The highest BCUT2D eigenvalue weighted by Gasteiger charge is 2.60. The Labute approximate surface area is 111 Å². The topological polar surface area (TPSA) is 63.7 Å². The number of hydrogen-bond acceptors (Lipinski definition) is 4. The van der Waals surface area contributed by atoms with Gasteiger partial charge in [0.05, 0.1) is 18.9 Å². The van der Waals surface area contributed by atoms with Gasteiger partial charge in [0, 0.05) is 0 Å². The Morgan fingerprint density at radius 1 is 1.32 bits per heavy atom. The highest BCUT2D eigenvalue weighted by molar-refractivity contribution is 6.08. The van der Waals surface area contributed by atoms with Crippen molar-refractivity contribution in [1.29, 1.82) is 0 Å². The van der Waals surface area contributed by atoms with E-state index in [-0.39, 0.29) is 35.5 Å². The number of esters is 1. The number of rotatable bonds is 3. The van der Waals surface area contributed by atoms with Crippen LogP contribution in [-0.4, -0.2) is 35.8 Å². The molecule has 0 N–H and O–H groups in total. The molecule has 0 spiro atoms. The third-order valence-corrected chi connectivity index (χ3v) is 4.68. The predicted molar refractivity (Wildman–Crippen MR) is 65.7 cm³/mol. The number of carbonyl (C=O) groups is 3. The number of hydrogen-bond donors (Lipinski definition) is 0. The standard InChI is InChI=1S/C14H17NO4/c1-3-9(14(18)19-2)15-12(16)10-7-4-5-8(6-7)11(10)13(15)17/h4-5,7-11H,3,6H2,1-2H3. The molecule has 2 bridgehead atoms. The molecule has 0 radical (unpaired) electrons. The van der Waals surface area contributed by atoms with Gasteiger partial charge in [0.2, 0.25) is 11.8 Å². The van der Waals surface area contributed by atoms with Gasteiger partial charge in [-0.05, 0) is 24.7 Å². The van der Waals surface area contributed by atoms with E-state index in [0.29, 0.717) is 6.42 Å². The second-order valence-electron chi connectivity index (χ2n) is 5.49. The van der Waals surface area contributed by atoms with Crippen molar-refractivity contribution in [2.75, 3.05) is 7.11 Å². The maximum absolute atomic E-state index is 12.5. The molecule has 5 heteroatoms. The van der Waals surface area contributed by atoms with Crippen LogP contribution in [0, 0.1) is 23.7 Å². The molecule has 2 aliphatic carbocycles. The van der Waals surface area contributed by atoms with Gasteiger partial charge < -0.3 is 4.74 Å². The Bertz CT molecular complexity index is 454. The van der Waals surface area contributed by atoms with E-state index in [1.165, 1.54) is 7.11 Å². The largest absolute Gasteiger partial charge is 0.467 e. The first-order chi connectivity index (χ1) is 9.10. The summed E-state index contributed by atoms with van der Waals surface area (Å²) in [6.07, 6.45) is 5.38. The minimum atomic E-state index is -0.769. The molecule has 2 fully saturated rings. The van der Waals surface area contributed by atoms with E-state index in [4.69, 9.17) is 4.74 Å². The lowest BCUT2D eigenvalue weighted by Gasteiger charge is -2.24. The van der Waals surface area contributed by atoms with Crippen molar-refractivity contribution in [2.45, 2.75) is 25.8 Å². The van der Waals surface area contributed by atoms with Gasteiger partial charge in [-0.25, -0.2) is 4.79 Å². The summed E-state index contributed by atoms with van der Waals surface area (Å²) in [5.41, 5.74) is 0. The summed E-state index contributed by atoms with van der Waals surface area (Å²) in [5, 5.41) is 0. The van der Waals surface area contributed by atoms with Crippen LogP contribution >= 0.6 is 0 Å². The predicted octanol–water partition coefficient (Wildman–Crippen LogP) is 0.745. The van der Waals surface area contributed by atoms with Crippen LogP contribution in [0.2, 0.25) is 0 Å². The fourth-order valence-corrected chi connectivity index (χ4v) is 3.82. The molecule has 3 rings (SSSR count). The average Bonchev–Trinajstić information content (AvgIpc) is 3.07. The first-order valence-corrected chi connectivity index (χ1v) is 6.73. The Morgan fingerprint density at radius 2 is 1.84 bits per heavy atom. The highest BCUT2D eigenvalue weighted by Crippen LogP contribution is 2.52. The van der Waals surface area contributed by atoms with Gasteiger partial charge in [0.15, 0.2) is 0 Å². The molecule has 102 valence electrons. The van der Waals surface area contributed by atoms with Crippen molar-refractivity contribution < 1.29 is 19.1 Å². The highest BCUT2D eigenvalue weighted by atomic mass is 16.5. The van der Waals surface area contributed by atoms with Gasteiger partial charge in [-0.3, -0.25) is 14.5 Å². The molecule has 0 aromatic carbocycles. The van der Waals surface area contributed by atoms with Crippen LogP contribution in [0.4, 0.5) is 0 Å². The monoisotopic (exact) mass is 263 g/mol. The summed E-state index contributed by atoms with van der Waals surface area (Å²) in [4.78, 5) is 37.8. The van der Waals surface area contributed by atoms with Gasteiger partial charge in [0.25, 0.3) is 0 Å². The Morgan fingerprint density at radius 3 is 2.26 bits per heavy atom. The number of imide groups is 1. The summed E-state index contributed by atoms with van der Waals surface area (Å²) in [7, 11) is 1.28. The summed E-state index contributed by atoms with van der Waals surface area (Å²) in [5.74, 6) is -1.04. The number of nitrogens with zero attached hydrogens (tertiary/aromatic N) is 1.